The summed E-state index contributed by atoms with van der Waals surface area (Å²) >= 11 is 0. The Morgan fingerprint density at radius 2 is 1.46 bits per heavy atom. The van der Waals surface area contributed by atoms with Crippen LogP contribution in [0.3, 0.4) is 0 Å². The molecule has 4 nitrogen and oxygen atoms in total. The lowest BCUT2D eigenvalue weighted by atomic mass is 9.98. The Balaban J connectivity index is 1.30. The molecule has 4 heteroatoms. The third kappa shape index (κ3) is 2.44. The Bertz CT molecular complexity index is 829. The van der Waals surface area contributed by atoms with Gasteiger partial charge in [-0.15, -0.1) is 0 Å². The molecule has 1 amide bonds. The third-order valence-electron chi connectivity index (χ3n) is 6.15. The predicted octanol–water partition coefficient (Wildman–Crippen LogP) is 3.85. The molecule has 0 bridgehead atoms. The van der Waals surface area contributed by atoms with Crippen LogP contribution in [-0.2, 0) is 9.53 Å². The van der Waals surface area contributed by atoms with Gasteiger partial charge in [0.25, 0.3) is 0 Å². The van der Waals surface area contributed by atoms with Crippen molar-refractivity contribution in [2.75, 3.05) is 19.7 Å². The molecule has 1 heterocycles. The standard InChI is InChI=1S/C22H21NO3/c24-16-9-14-11-23(12-15(14)10-16)22(25)26-13-21-19-7-3-1-5-17(19)18-6-2-4-8-20(18)21/h1-8,14-15,21H,9-13H2. The number of rotatable bonds is 2. The van der Waals surface area contributed by atoms with E-state index in [1.807, 2.05) is 24.3 Å². The number of amides is 1. The number of Topliss-reactive ketones (excluding diaryl/α,β-unsaturated/α-hetero) is 1. The van der Waals surface area contributed by atoms with Crippen LogP contribution in [0.25, 0.3) is 11.1 Å². The van der Waals surface area contributed by atoms with Crippen LogP contribution in [0.2, 0.25) is 0 Å². The number of ether oxygens (including phenoxy) is 1. The first-order valence-corrected chi connectivity index (χ1v) is 9.32. The Morgan fingerprint density at radius 1 is 0.923 bits per heavy atom. The summed E-state index contributed by atoms with van der Waals surface area (Å²) in [5.41, 5.74) is 4.92. The first kappa shape index (κ1) is 15.6. The SMILES string of the molecule is O=C1CC2CN(C(=O)OCC3c4ccccc4-c4ccccc43)CC2C1. The zero-order valence-corrected chi connectivity index (χ0v) is 14.6. The van der Waals surface area contributed by atoms with E-state index in [1.165, 1.54) is 22.3 Å². The topological polar surface area (TPSA) is 46.6 Å². The number of hydrogen-bond donors (Lipinski definition) is 0. The van der Waals surface area contributed by atoms with Crippen molar-refractivity contribution >= 4 is 11.9 Å². The van der Waals surface area contributed by atoms with Gasteiger partial charge in [-0.05, 0) is 34.1 Å². The minimum Gasteiger partial charge on any atom is -0.448 e. The molecule has 2 atom stereocenters. The largest absolute Gasteiger partial charge is 0.448 e. The van der Waals surface area contributed by atoms with E-state index in [0.717, 1.165) is 0 Å². The number of fused-ring (bicyclic) bond motifs is 4. The fourth-order valence-corrected chi connectivity index (χ4v) is 4.90. The molecule has 2 aliphatic carbocycles. The third-order valence-corrected chi connectivity index (χ3v) is 6.15. The van der Waals surface area contributed by atoms with Gasteiger partial charge in [0.15, 0.2) is 0 Å². The minimum atomic E-state index is -0.242. The molecular weight excluding hydrogens is 326 g/mol. The molecule has 2 fully saturated rings. The quantitative estimate of drug-likeness (QED) is 0.829. The summed E-state index contributed by atoms with van der Waals surface area (Å²) in [6, 6.07) is 16.7. The zero-order chi connectivity index (χ0) is 17.7. The van der Waals surface area contributed by atoms with Gasteiger partial charge in [0, 0.05) is 31.8 Å². The number of benzene rings is 2. The van der Waals surface area contributed by atoms with Crippen LogP contribution in [0.4, 0.5) is 4.79 Å². The van der Waals surface area contributed by atoms with E-state index in [9.17, 15) is 9.59 Å². The highest BCUT2D eigenvalue weighted by atomic mass is 16.6. The molecule has 26 heavy (non-hydrogen) atoms. The minimum absolute atomic E-state index is 0.0926. The van der Waals surface area contributed by atoms with Gasteiger partial charge in [-0.1, -0.05) is 48.5 Å². The van der Waals surface area contributed by atoms with E-state index in [1.54, 1.807) is 4.90 Å². The van der Waals surface area contributed by atoms with E-state index >= 15 is 0 Å². The number of ketones is 1. The molecule has 1 saturated heterocycles. The van der Waals surface area contributed by atoms with Crippen LogP contribution < -0.4 is 0 Å². The van der Waals surface area contributed by atoms with Crippen molar-refractivity contribution in [3.05, 3.63) is 59.7 Å². The number of nitrogens with zero attached hydrogens (tertiary/aromatic N) is 1. The average Bonchev–Trinajstić information content (AvgIpc) is 3.29. The van der Waals surface area contributed by atoms with Crippen molar-refractivity contribution in [3.8, 4) is 11.1 Å². The second kappa shape index (κ2) is 5.97. The van der Waals surface area contributed by atoms with Crippen LogP contribution in [0, 0.1) is 11.8 Å². The number of hydrogen-bond acceptors (Lipinski definition) is 3. The first-order chi connectivity index (χ1) is 12.7. The fourth-order valence-electron chi connectivity index (χ4n) is 4.90. The lowest BCUT2D eigenvalue weighted by Gasteiger charge is -2.19. The summed E-state index contributed by atoms with van der Waals surface area (Å²) in [4.78, 5) is 25.9. The van der Waals surface area contributed by atoms with Crippen LogP contribution in [0.15, 0.2) is 48.5 Å². The summed E-state index contributed by atoms with van der Waals surface area (Å²) in [6.45, 7) is 1.68. The summed E-state index contributed by atoms with van der Waals surface area (Å²) in [7, 11) is 0. The highest BCUT2D eigenvalue weighted by Gasteiger charge is 2.42. The van der Waals surface area contributed by atoms with E-state index in [2.05, 4.69) is 24.3 Å². The van der Waals surface area contributed by atoms with Gasteiger partial charge < -0.3 is 9.64 Å². The number of carbonyl (C=O) groups is 2. The van der Waals surface area contributed by atoms with Crippen LogP contribution in [0.1, 0.15) is 29.9 Å². The zero-order valence-electron chi connectivity index (χ0n) is 14.6. The smallest absolute Gasteiger partial charge is 0.409 e. The Labute approximate surface area is 152 Å². The molecule has 2 aromatic rings. The number of carbonyl (C=O) groups excluding carboxylic acids is 2. The average molecular weight is 347 g/mol. The van der Waals surface area contributed by atoms with Crippen molar-refractivity contribution in [1.82, 2.24) is 4.90 Å². The van der Waals surface area contributed by atoms with Crippen LogP contribution in [-0.4, -0.2) is 36.5 Å². The molecule has 2 unspecified atom stereocenters. The van der Waals surface area contributed by atoms with Gasteiger partial charge >= 0.3 is 6.09 Å². The summed E-state index contributed by atoms with van der Waals surface area (Å²) in [6.07, 6.45) is 1.00. The second-order valence-corrected chi connectivity index (χ2v) is 7.68. The Hall–Kier alpha value is -2.62. The van der Waals surface area contributed by atoms with Crippen molar-refractivity contribution in [3.63, 3.8) is 0 Å². The van der Waals surface area contributed by atoms with Crippen LogP contribution in [0.5, 0.6) is 0 Å². The van der Waals surface area contributed by atoms with Gasteiger partial charge in [0.05, 0.1) is 0 Å². The predicted molar refractivity (Wildman–Crippen MR) is 97.9 cm³/mol. The summed E-state index contributed by atoms with van der Waals surface area (Å²) < 4.78 is 5.72. The molecule has 1 aliphatic heterocycles. The van der Waals surface area contributed by atoms with Crippen molar-refractivity contribution < 1.29 is 14.3 Å². The van der Waals surface area contributed by atoms with Gasteiger partial charge in [0.1, 0.15) is 12.4 Å². The van der Waals surface area contributed by atoms with E-state index in [0.29, 0.717) is 50.2 Å². The van der Waals surface area contributed by atoms with Gasteiger partial charge in [-0.3, -0.25) is 4.79 Å². The lowest BCUT2D eigenvalue weighted by Crippen LogP contribution is -2.31. The molecule has 5 rings (SSSR count). The molecule has 132 valence electrons. The van der Waals surface area contributed by atoms with Gasteiger partial charge in [0.2, 0.25) is 0 Å². The first-order valence-electron chi connectivity index (χ1n) is 9.32. The molecule has 2 aromatic carbocycles. The summed E-state index contributed by atoms with van der Waals surface area (Å²) in [5.74, 6) is 1.10. The van der Waals surface area contributed by atoms with Crippen molar-refractivity contribution in [2.45, 2.75) is 18.8 Å². The molecular formula is C22H21NO3. The highest BCUT2D eigenvalue weighted by molar-refractivity contribution is 5.82. The normalized spacial score (nSPS) is 23.7. The fraction of sp³-hybridized carbons (Fsp3) is 0.364. The van der Waals surface area contributed by atoms with Gasteiger partial charge in [-0.25, -0.2) is 4.79 Å². The maximum absolute atomic E-state index is 12.6. The molecule has 1 saturated carbocycles. The molecule has 0 spiro atoms. The van der Waals surface area contributed by atoms with E-state index in [4.69, 9.17) is 4.74 Å². The molecule has 0 radical (unpaired) electrons. The Morgan fingerprint density at radius 3 is 2.04 bits per heavy atom. The van der Waals surface area contributed by atoms with Crippen molar-refractivity contribution in [2.24, 2.45) is 11.8 Å². The molecule has 0 N–H and O–H groups in total. The van der Waals surface area contributed by atoms with Crippen LogP contribution >= 0.6 is 0 Å². The monoisotopic (exact) mass is 347 g/mol. The summed E-state index contributed by atoms with van der Waals surface area (Å²) in [5, 5.41) is 0. The maximum atomic E-state index is 12.6. The lowest BCUT2D eigenvalue weighted by molar-refractivity contribution is -0.118. The Kier molecular flexibility index (Phi) is 3.59. The van der Waals surface area contributed by atoms with E-state index in [-0.39, 0.29) is 12.0 Å². The number of likely N-dealkylation sites (tertiary alicyclic amines) is 1. The molecule has 3 aliphatic rings. The highest BCUT2D eigenvalue weighted by Crippen LogP contribution is 2.44. The van der Waals surface area contributed by atoms with E-state index < -0.39 is 0 Å². The molecule has 0 aromatic heterocycles. The van der Waals surface area contributed by atoms with Gasteiger partial charge in [-0.2, -0.15) is 0 Å². The maximum Gasteiger partial charge on any atom is 0.409 e. The second-order valence-electron chi connectivity index (χ2n) is 7.68. The van der Waals surface area contributed by atoms with Crippen molar-refractivity contribution in [1.29, 1.82) is 0 Å².